The number of carbonyl (C=O) groups is 1. The first-order chi connectivity index (χ1) is 12.7. The summed E-state index contributed by atoms with van der Waals surface area (Å²) in [5.41, 5.74) is 6.86. The predicted molar refractivity (Wildman–Crippen MR) is 123 cm³/mol. The van der Waals surface area contributed by atoms with Crippen LogP contribution < -0.4 is 16.0 Å². The summed E-state index contributed by atoms with van der Waals surface area (Å²) in [6, 6.07) is 11.6. The number of benzene rings is 1. The second-order valence-corrected chi connectivity index (χ2v) is 7.08. The monoisotopic (exact) mass is 499 g/mol. The number of anilines is 1. The van der Waals surface area contributed by atoms with Crippen LogP contribution in [0.2, 0.25) is 0 Å². The van der Waals surface area contributed by atoms with Crippen molar-refractivity contribution in [2.75, 3.05) is 37.6 Å². The van der Waals surface area contributed by atoms with Crippen LogP contribution in [0.1, 0.15) is 22.8 Å². The lowest BCUT2D eigenvalue weighted by atomic mass is 10.1. The van der Waals surface area contributed by atoms with E-state index in [1.807, 2.05) is 12.1 Å². The maximum absolute atomic E-state index is 11.2. The molecule has 2 aromatic rings. The Labute approximate surface area is 181 Å². The second-order valence-electron chi connectivity index (χ2n) is 6.16. The Morgan fingerprint density at radius 3 is 2.44 bits per heavy atom. The van der Waals surface area contributed by atoms with E-state index in [-0.39, 0.29) is 24.0 Å². The molecule has 1 fully saturated rings. The molecule has 0 aliphatic carbocycles. The third-order valence-corrected chi connectivity index (χ3v) is 5.31. The Bertz CT molecular complexity index is 740. The Morgan fingerprint density at radius 1 is 1.19 bits per heavy atom. The Morgan fingerprint density at radius 2 is 1.89 bits per heavy atom. The van der Waals surface area contributed by atoms with Gasteiger partial charge in [-0.25, -0.2) is 4.99 Å². The summed E-state index contributed by atoms with van der Waals surface area (Å²) in [6.45, 7) is 7.39. The lowest BCUT2D eigenvalue weighted by Crippen LogP contribution is -2.52. The van der Waals surface area contributed by atoms with E-state index in [1.165, 1.54) is 5.00 Å². The van der Waals surface area contributed by atoms with Gasteiger partial charge in [0.05, 0.1) is 11.5 Å². The topological polar surface area (TPSA) is 74.0 Å². The Hall–Kier alpha value is -1.81. The van der Waals surface area contributed by atoms with Crippen molar-refractivity contribution in [2.24, 2.45) is 10.7 Å². The third kappa shape index (κ3) is 5.83. The van der Waals surface area contributed by atoms with Crippen molar-refractivity contribution < 1.29 is 4.79 Å². The van der Waals surface area contributed by atoms with Gasteiger partial charge in [-0.05, 0) is 42.1 Å². The SMILES string of the molecule is CCNC(=NCc1ccc(C(N)=O)cc1)N1CCN(c2cccs2)CC1.I. The highest BCUT2D eigenvalue weighted by Gasteiger charge is 2.20. The number of guanidine groups is 1. The van der Waals surface area contributed by atoms with E-state index >= 15 is 0 Å². The van der Waals surface area contributed by atoms with Crippen LogP contribution in [-0.4, -0.2) is 49.5 Å². The zero-order chi connectivity index (χ0) is 18.4. The first-order valence-electron chi connectivity index (χ1n) is 8.88. The summed E-state index contributed by atoms with van der Waals surface area (Å²) in [6.07, 6.45) is 0. The molecule has 1 aliphatic rings. The minimum Gasteiger partial charge on any atom is -0.366 e. The summed E-state index contributed by atoms with van der Waals surface area (Å²) < 4.78 is 0. The molecule has 146 valence electrons. The molecule has 27 heavy (non-hydrogen) atoms. The molecule has 1 saturated heterocycles. The molecule has 2 heterocycles. The van der Waals surface area contributed by atoms with Crippen molar-refractivity contribution in [3.05, 3.63) is 52.9 Å². The Balaban J connectivity index is 0.00000261. The fourth-order valence-corrected chi connectivity index (χ4v) is 3.74. The first kappa shape index (κ1) is 21.5. The summed E-state index contributed by atoms with van der Waals surface area (Å²) in [7, 11) is 0. The average molecular weight is 499 g/mol. The number of thiophene rings is 1. The number of hydrogen-bond acceptors (Lipinski definition) is 4. The number of hydrogen-bond donors (Lipinski definition) is 2. The van der Waals surface area contributed by atoms with Gasteiger partial charge in [0.25, 0.3) is 0 Å². The number of nitrogens with two attached hydrogens (primary N) is 1. The molecular weight excluding hydrogens is 473 g/mol. The summed E-state index contributed by atoms with van der Waals surface area (Å²) in [5.74, 6) is 0.536. The number of rotatable bonds is 5. The standard InChI is InChI=1S/C19H25N5OS.HI/c1-2-21-19(22-14-15-5-7-16(8-6-15)18(20)25)24-11-9-23(10-12-24)17-4-3-13-26-17;/h3-8,13H,2,9-12,14H2,1H3,(H2,20,25)(H,21,22);1H. The van der Waals surface area contributed by atoms with Gasteiger partial charge < -0.3 is 20.9 Å². The predicted octanol–water partition coefficient (Wildman–Crippen LogP) is 2.75. The number of nitrogens with zero attached hydrogens (tertiary/aromatic N) is 3. The Kier molecular flexibility index (Phi) is 8.36. The maximum atomic E-state index is 11.2. The number of nitrogens with one attached hydrogen (secondary N) is 1. The van der Waals surface area contributed by atoms with Gasteiger partial charge in [0.15, 0.2) is 5.96 Å². The molecule has 6 nitrogen and oxygen atoms in total. The summed E-state index contributed by atoms with van der Waals surface area (Å²) >= 11 is 1.79. The summed E-state index contributed by atoms with van der Waals surface area (Å²) in [5, 5.41) is 6.84. The lowest BCUT2D eigenvalue weighted by molar-refractivity contribution is 0.100. The zero-order valence-electron chi connectivity index (χ0n) is 15.4. The molecule has 3 rings (SSSR count). The smallest absolute Gasteiger partial charge is 0.248 e. The minimum absolute atomic E-state index is 0. The van der Waals surface area contributed by atoms with Crippen LogP contribution in [0.4, 0.5) is 5.00 Å². The lowest BCUT2D eigenvalue weighted by Gasteiger charge is -2.37. The number of piperazine rings is 1. The van der Waals surface area contributed by atoms with E-state index in [9.17, 15) is 4.79 Å². The van der Waals surface area contributed by atoms with Gasteiger partial charge in [-0.15, -0.1) is 35.3 Å². The van der Waals surface area contributed by atoms with Crippen molar-refractivity contribution in [3.63, 3.8) is 0 Å². The molecule has 1 amide bonds. The van der Waals surface area contributed by atoms with Gasteiger partial charge in [-0.3, -0.25) is 4.79 Å². The number of halogens is 1. The maximum Gasteiger partial charge on any atom is 0.248 e. The zero-order valence-corrected chi connectivity index (χ0v) is 18.6. The molecule has 3 N–H and O–H groups in total. The molecule has 0 unspecified atom stereocenters. The van der Waals surface area contributed by atoms with Gasteiger partial charge in [0.1, 0.15) is 0 Å². The molecule has 1 aromatic heterocycles. The van der Waals surface area contributed by atoms with Crippen LogP contribution in [0.3, 0.4) is 0 Å². The van der Waals surface area contributed by atoms with Gasteiger partial charge in [-0.2, -0.15) is 0 Å². The summed E-state index contributed by atoms with van der Waals surface area (Å²) in [4.78, 5) is 20.7. The highest BCUT2D eigenvalue weighted by atomic mass is 127. The van der Waals surface area contributed by atoms with Crippen LogP contribution in [0.15, 0.2) is 46.8 Å². The van der Waals surface area contributed by atoms with E-state index in [0.717, 1.165) is 44.2 Å². The highest BCUT2D eigenvalue weighted by molar-refractivity contribution is 14.0. The van der Waals surface area contributed by atoms with Crippen LogP contribution in [0.25, 0.3) is 0 Å². The molecule has 8 heteroatoms. The first-order valence-corrected chi connectivity index (χ1v) is 9.76. The van der Waals surface area contributed by atoms with Gasteiger partial charge >= 0.3 is 0 Å². The van der Waals surface area contributed by atoms with Crippen LogP contribution in [-0.2, 0) is 6.54 Å². The number of carbonyl (C=O) groups excluding carboxylic acids is 1. The number of amides is 1. The molecule has 0 atom stereocenters. The van der Waals surface area contributed by atoms with Crippen LogP contribution in [0.5, 0.6) is 0 Å². The van der Waals surface area contributed by atoms with E-state index in [0.29, 0.717) is 12.1 Å². The van der Waals surface area contributed by atoms with E-state index in [4.69, 9.17) is 10.7 Å². The molecule has 0 radical (unpaired) electrons. The largest absolute Gasteiger partial charge is 0.366 e. The fraction of sp³-hybridized carbons (Fsp3) is 0.368. The van der Waals surface area contributed by atoms with E-state index < -0.39 is 5.91 Å². The third-order valence-electron chi connectivity index (χ3n) is 4.38. The molecule has 0 saturated carbocycles. The van der Waals surface area contributed by atoms with Crippen LogP contribution in [0, 0.1) is 0 Å². The molecular formula is C19H26IN5OS. The minimum atomic E-state index is -0.406. The van der Waals surface area contributed by atoms with Gasteiger partial charge in [0, 0.05) is 38.3 Å². The van der Waals surface area contributed by atoms with Crippen molar-refractivity contribution in [2.45, 2.75) is 13.5 Å². The van der Waals surface area contributed by atoms with Crippen molar-refractivity contribution in [3.8, 4) is 0 Å². The van der Waals surface area contributed by atoms with Crippen LogP contribution >= 0.6 is 35.3 Å². The van der Waals surface area contributed by atoms with Gasteiger partial charge in [-0.1, -0.05) is 12.1 Å². The number of primary amides is 1. The normalized spacial score (nSPS) is 14.6. The molecule has 1 aromatic carbocycles. The fourth-order valence-electron chi connectivity index (χ4n) is 2.95. The second kappa shape index (κ2) is 10.5. The van der Waals surface area contributed by atoms with E-state index in [2.05, 4.69) is 39.6 Å². The number of aliphatic imine (C=N–C) groups is 1. The molecule has 0 bridgehead atoms. The average Bonchev–Trinajstić information content (AvgIpc) is 3.20. The molecule has 1 aliphatic heterocycles. The van der Waals surface area contributed by atoms with E-state index in [1.54, 1.807) is 23.5 Å². The highest BCUT2D eigenvalue weighted by Crippen LogP contribution is 2.22. The quantitative estimate of drug-likeness (QED) is 0.377. The molecule has 0 spiro atoms. The van der Waals surface area contributed by atoms with Crippen molar-refractivity contribution in [1.82, 2.24) is 10.2 Å². The van der Waals surface area contributed by atoms with Crippen molar-refractivity contribution in [1.29, 1.82) is 0 Å². The van der Waals surface area contributed by atoms with Gasteiger partial charge in [0.2, 0.25) is 5.91 Å². The van der Waals surface area contributed by atoms with Crippen molar-refractivity contribution >= 4 is 52.2 Å².